The van der Waals surface area contributed by atoms with Crippen LogP contribution in [0.4, 0.5) is 0 Å². The molecule has 0 aromatic heterocycles. The largest absolute Gasteiger partial charge is 0.324 e. The zero-order valence-corrected chi connectivity index (χ0v) is 14.5. The van der Waals surface area contributed by atoms with Gasteiger partial charge in [0, 0.05) is 12.1 Å². The first-order valence-electron chi connectivity index (χ1n) is 7.88. The predicted octanol–water partition coefficient (Wildman–Crippen LogP) is 4.89. The molecule has 0 spiro atoms. The Balaban J connectivity index is 1.86. The Morgan fingerprint density at radius 1 is 1.24 bits per heavy atom. The van der Waals surface area contributed by atoms with Crippen molar-refractivity contribution in [1.29, 1.82) is 0 Å². The Labute approximate surface area is 138 Å². The molecule has 0 heterocycles. The van der Waals surface area contributed by atoms with Crippen LogP contribution in [0.5, 0.6) is 0 Å². The molecule has 1 aromatic carbocycles. The molecule has 1 aromatic rings. The Kier molecular flexibility index (Phi) is 6.36. The second-order valence-corrected chi connectivity index (χ2v) is 7.22. The van der Waals surface area contributed by atoms with Crippen LogP contribution < -0.4 is 5.73 Å². The van der Waals surface area contributed by atoms with Crippen LogP contribution in [0, 0.1) is 5.92 Å². The number of nitrogens with two attached hydrogens (primary N) is 1. The summed E-state index contributed by atoms with van der Waals surface area (Å²) < 4.78 is 0. The molecule has 0 radical (unpaired) electrons. The molecule has 2 rings (SSSR count). The first-order chi connectivity index (χ1) is 9.99. The molecule has 1 unspecified atom stereocenters. The van der Waals surface area contributed by atoms with Gasteiger partial charge in [0.15, 0.2) is 0 Å². The molecule has 2 nitrogen and oxygen atoms in total. The average Bonchev–Trinajstić information content (AvgIpc) is 2.48. The van der Waals surface area contributed by atoms with Crippen LogP contribution in [-0.4, -0.2) is 24.5 Å². The van der Waals surface area contributed by atoms with Gasteiger partial charge >= 0.3 is 0 Å². The van der Waals surface area contributed by atoms with Gasteiger partial charge < -0.3 is 10.6 Å². The van der Waals surface area contributed by atoms with E-state index < -0.39 is 0 Å². The van der Waals surface area contributed by atoms with Gasteiger partial charge in [-0.25, -0.2) is 0 Å². The lowest BCUT2D eigenvalue weighted by molar-refractivity contribution is 0.166. The van der Waals surface area contributed by atoms with Crippen LogP contribution in [-0.2, 0) is 0 Å². The predicted molar refractivity (Wildman–Crippen MR) is 92.1 cm³/mol. The molecule has 2 N–H and O–H groups in total. The molecular weight excluding hydrogens is 303 g/mol. The van der Waals surface area contributed by atoms with Crippen LogP contribution in [0.3, 0.4) is 0 Å². The molecule has 1 fully saturated rings. The summed E-state index contributed by atoms with van der Waals surface area (Å²) in [5, 5.41) is 1.18. The van der Waals surface area contributed by atoms with E-state index >= 15 is 0 Å². The highest BCUT2D eigenvalue weighted by atomic mass is 35.5. The SMILES string of the molecule is CC1CCC(N(C)CCC(N)c2cccc(Cl)c2Cl)CC1. The quantitative estimate of drug-likeness (QED) is 0.833. The second-order valence-electron chi connectivity index (χ2n) is 6.43. The molecule has 0 amide bonds. The average molecular weight is 329 g/mol. The van der Waals surface area contributed by atoms with Gasteiger partial charge in [-0.2, -0.15) is 0 Å². The summed E-state index contributed by atoms with van der Waals surface area (Å²) in [6.45, 7) is 3.36. The third-order valence-corrected chi connectivity index (χ3v) is 5.62. The molecule has 1 aliphatic carbocycles. The minimum atomic E-state index is -0.0545. The van der Waals surface area contributed by atoms with E-state index in [2.05, 4.69) is 18.9 Å². The molecule has 1 saturated carbocycles. The van der Waals surface area contributed by atoms with E-state index in [4.69, 9.17) is 28.9 Å². The fourth-order valence-electron chi connectivity index (χ4n) is 3.17. The number of rotatable bonds is 5. The zero-order valence-electron chi connectivity index (χ0n) is 13.0. The van der Waals surface area contributed by atoms with Gasteiger partial charge in [-0.1, -0.05) is 42.3 Å². The second kappa shape index (κ2) is 7.82. The maximum absolute atomic E-state index is 6.29. The van der Waals surface area contributed by atoms with Crippen LogP contribution in [0.15, 0.2) is 18.2 Å². The van der Waals surface area contributed by atoms with Gasteiger partial charge in [-0.3, -0.25) is 0 Å². The highest BCUT2D eigenvalue weighted by molar-refractivity contribution is 6.42. The van der Waals surface area contributed by atoms with Gasteiger partial charge in [-0.05, 0) is 63.2 Å². The normalized spacial score (nSPS) is 24.3. The summed E-state index contributed by atoms with van der Waals surface area (Å²) in [6, 6.07) is 6.34. The molecule has 4 heteroatoms. The molecule has 1 aliphatic rings. The van der Waals surface area contributed by atoms with Crippen LogP contribution in [0.1, 0.15) is 50.6 Å². The highest BCUT2D eigenvalue weighted by Crippen LogP contribution is 2.31. The molecular formula is C17H26Cl2N2. The van der Waals surface area contributed by atoms with Crippen molar-refractivity contribution in [2.24, 2.45) is 11.7 Å². The monoisotopic (exact) mass is 328 g/mol. The van der Waals surface area contributed by atoms with Crippen molar-refractivity contribution in [2.75, 3.05) is 13.6 Å². The number of halogens is 2. The summed E-state index contributed by atoms with van der Waals surface area (Å²) in [5.74, 6) is 0.891. The van der Waals surface area contributed by atoms with E-state index in [0.717, 1.165) is 24.4 Å². The number of benzene rings is 1. The Hall–Kier alpha value is -0.280. The van der Waals surface area contributed by atoms with Crippen LogP contribution in [0.2, 0.25) is 10.0 Å². The van der Waals surface area contributed by atoms with Gasteiger partial charge in [0.25, 0.3) is 0 Å². The molecule has 1 atom stereocenters. The maximum atomic E-state index is 6.29. The summed E-state index contributed by atoms with van der Waals surface area (Å²) >= 11 is 12.3. The first-order valence-corrected chi connectivity index (χ1v) is 8.64. The smallest absolute Gasteiger partial charge is 0.0640 e. The van der Waals surface area contributed by atoms with E-state index in [1.165, 1.54) is 25.7 Å². The van der Waals surface area contributed by atoms with Crippen molar-refractivity contribution in [3.8, 4) is 0 Å². The van der Waals surface area contributed by atoms with Crippen molar-refractivity contribution in [3.05, 3.63) is 33.8 Å². The zero-order chi connectivity index (χ0) is 15.4. The summed E-state index contributed by atoms with van der Waals surface area (Å²) in [6.07, 6.45) is 6.22. The van der Waals surface area contributed by atoms with Gasteiger partial charge in [0.05, 0.1) is 10.0 Å². The van der Waals surface area contributed by atoms with Crippen LogP contribution >= 0.6 is 23.2 Å². The van der Waals surface area contributed by atoms with Gasteiger partial charge in [-0.15, -0.1) is 0 Å². The summed E-state index contributed by atoms with van der Waals surface area (Å²) in [4.78, 5) is 2.46. The lowest BCUT2D eigenvalue weighted by atomic mass is 9.86. The molecule has 0 bridgehead atoms. The van der Waals surface area contributed by atoms with Crippen molar-refractivity contribution in [2.45, 2.75) is 51.1 Å². The highest BCUT2D eigenvalue weighted by Gasteiger charge is 2.22. The summed E-state index contributed by atoms with van der Waals surface area (Å²) in [7, 11) is 2.22. The Morgan fingerprint density at radius 2 is 1.90 bits per heavy atom. The standard InChI is InChI=1S/C17H26Cl2N2/c1-12-6-8-13(9-7-12)21(2)11-10-16(20)14-4-3-5-15(18)17(14)19/h3-5,12-13,16H,6-11,20H2,1-2H3. The van der Waals surface area contributed by atoms with E-state index in [0.29, 0.717) is 16.1 Å². The molecule has 0 saturated heterocycles. The number of hydrogen-bond donors (Lipinski definition) is 1. The Morgan fingerprint density at radius 3 is 2.57 bits per heavy atom. The molecule has 118 valence electrons. The van der Waals surface area contributed by atoms with E-state index in [1.54, 1.807) is 6.07 Å². The minimum absolute atomic E-state index is 0.0545. The fraction of sp³-hybridized carbons (Fsp3) is 0.647. The Bertz CT molecular complexity index is 456. The van der Waals surface area contributed by atoms with E-state index in [1.807, 2.05) is 12.1 Å². The minimum Gasteiger partial charge on any atom is -0.324 e. The third kappa shape index (κ3) is 4.59. The lowest BCUT2D eigenvalue weighted by Gasteiger charge is -2.34. The topological polar surface area (TPSA) is 29.3 Å². The summed E-state index contributed by atoms with van der Waals surface area (Å²) in [5.41, 5.74) is 7.25. The van der Waals surface area contributed by atoms with Gasteiger partial charge in [0.1, 0.15) is 0 Å². The van der Waals surface area contributed by atoms with Crippen molar-refractivity contribution in [3.63, 3.8) is 0 Å². The van der Waals surface area contributed by atoms with Gasteiger partial charge in [0.2, 0.25) is 0 Å². The van der Waals surface area contributed by atoms with Crippen LogP contribution in [0.25, 0.3) is 0 Å². The van der Waals surface area contributed by atoms with E-state index in [9.17, 15) is 0 Å². The molecule has 0 aliphatic heterocycles. The fourth-order valence-corrected chi connectivity index (χ4v) is 3.62. The van der Waals surface area contributed by atoms with Crippen molar-refractivity contribution >= 4 is 23.2 Å². The number of nitrogens with zero attached hydrogens (tertiary/aromatic N) is 1. The van der Waals surface area contributed by atoms with E-state index in [-0.39, 0.29) is 6.04 Å². The number of hydrogen-bond acceptors (Lipinski definition) is 2. The lowest BCUT2D eigenvalue weighted by Crippen LogP contribution is -2.36. The third-order valence-electron chi connectivity index (χ3n) is 4.78. The van der Waals surface area contributed by atoms with Crippen molar-refractivity contribution < 1.29 is 0 Å². The maximum Gasteiger partial charge on any atom is 0.0640 e. The molecule has 21 heavy (non-hydrogen) atoms. The first kappa shape index (κ1) is 17.1. The van der Waals surface area contributed by atoms with Crippen molar-refractivity contribution in [1.82, 2.24) is 4.90 Å².